The second kappa shape index (κ2) is 8.37. The van der Waals surface area contributed by atoms with Gasteiger partial charge in [0.15, 0.2) is 0 Å². The highest BCUT2D eigenvalue weighted by molar-refractivity contribution is 5.81. The van der Waals surface area contributed by atoms with Gasteiger partial charge < -0.3 is 9.80 Å². The normalized spacial score (nSPS) is 22.5. The minimum absolute atomic E-state index is 0.0524. The third-order valence-electron chi connectivity index (χ3n) is 3.98. The largest absolute Gasteiger partial charge is 0.348 e. The number of likely N-dealkylation sites (N-methyl/N-ethyl adjacent to an activating group) is 1. The summed E-state index contributed by atoms with van der Waals surface area (Å²) in [6.07, 6.45) is 2.14. The quantitative estimate of drug-likeness (QED) is 0.742. The molecule has 0 aromatic rings. The van der Waals surface area contributed by atoms with Crippen LogP contribution in [0, 0.1) is 11.8 Å². The maximum Gasteiger partial charge on any atom is 0.236 e. The van der Waals surface area contributed by atoms with Crippen LogP contribution in [0.4, 0.5) is 0 Å². The summed E-state index contributed by atoms with van der Waals surface area (Å²) in [4.78, 5) is 29.9. The Hall–Kier alpha value is -1.10. The van der Waals surface area contributed by atoms with Crippen molar-refractivity contribution in [3.8, 4) is 0 Å². The Labute approximate surface area is 129 Å². The lowest BCUT2D eigenvalue weighted by molar-refractivity contribution is -0.136. The van der Waals surface area contributed by atoms with Crippen LogP contribution in [-0.2, 0) is 9.59 Å². The number of amides is 2. The number of likely N-dealkylation sites (tertiary alicyclic amines) is 1. The molecule has 122 valence electrons. The third-order valence-corrected chi connectivity index (χ3v) is 3.98. The van der Waals surface area contributed by atoms with Crippen LogP contribution in [0.1, 0.15) is 33.6 Å². The first-order valence-electron chi connectivity index (χ1n) is 8.03. The predicted molar refractivity (Wildman–Crippen MR) is 85.0 cm³/mol. The number of hydrogen-bond donors (Lipinski definition) is 0. The molecule has 2 amide bonds. The maximum atomic E-state index is 12.5. The molecule has 5 heteroatoms. The molecule has 1 saturated heterocycles. The van der Waals surface area contributed by atoms with E-state index in [-0.39, 0.29) is 11.8 Å². The monoisotopic (exact) mass is 297 g/mol. The summed E-state index contributed by atoms with van der Waals surface area (Å²) >= 11 is 0. The van der Waals surface area contributed by atoms with Crippen molar-refractivity contribution < 1.29 is 9.59 Å². The van der Waals surface area contributed by atoms with Crippen LogP contribution in [0.3, 0.4) is 0 Å². The van der Waals surface area contributed by atoms with Crippen molar-refractivity contribution in [2.75, 3.05) is 46.8 Å². The van der Waals surface area contributed by atoms with E-state index in [1.54, 1.807) is 19.0 Å². The Morgan fingerprint density at radius 2 is 1.67 bits per heavy atom. The highest BCUT2D eigenvalue weighted by Crippen LogP contribution is 2.21. The van der Waals surface area contributed by atoms with Crippen LogP contribution in [0.15, 0.2) is 0 Å². The molecule has 21 heavy (non-hydrogen) atoms. The van der Waals surface area contributed by atoms with E-state index in [4.69, 9.17) is 0 Å². The maximum absolute atomic E-state index is 12.5. The lowest BCUT2D eigenvalue weighted by Gasteiger charge is -2.36. The molecule has 0 N–H and O–H groups in total. The van der Waals surface area contributed by atoms with Gasteiger partial charge in [-0.05, 0) is 31.2 Å². The van der Waals surface area contributed by atoms with Crippen LogP contribution >= 0.6 is 0 Å². The third kappa shape index (κ3) is 6.04. The number of nitrogens with zero attached hydrogens (tertiary/aromatic N) is 3. The highest BCUT2D eigenvalue weighted by atomic mass is 16.2. The summed E-state index contributed by atoms with van der Waals surface area (Å²) in [5.74, 6) is 1.35. The van der Waals surface area contributed by atoms with E-state index in [0.717, 1.165) is 26.1 Å². The summed E-state index contributed by atoms with van der Waals surface area (Å²) in [5, 5.41) is 0. The molecule has 1 heterocycles. The zero-order valence-corrected chi connectivity index (χ0v) is 14.3. The first kappa shape index (κ1) is 18.0. The van der Waals surface area contributed by atoms with E-state index >= 15 is 0 Å². The van der Waals surface area contributed by atoms with Gasteiger partial charge in [0.25, 0.3) is 0 Å². The van der Waals surface area contributed by atoms with Gasteiger partial charge in [-0.25, -0.2) is 0 Å². The van der Waals surface area contributed by atoms with Gasteiger partial charge in [-0.2, -0.15) is 0 Å². The van der Waals surface area contributed by atoms with Crippen molar-refractivity contribution in [3.05, 3.63) is 0 Å². The van der Waals surface area contributed by atoms with Gasteiger partial charge in [0.05, 0.1) is 13.1 Å². The van der Waals surface area contributed by atoms with Crippen molar-refractivity contribution in [2.24, 2.45) is 11.8 Å². The second-order valence-corrected chi connectivity index (χ2v) is 6.74. The molecule has 0 spiro atoms. The van der Waals surface area contributed by atoms with E-state index < -0.39 is 0 Å². The zero-order chi connectivity index (χ0) is 16.0. The van der Waals surface area contributed by atoms with Gasteiger partial charge in [-0.15, -0.1) is 0 Å². The molecular weight excluding hydrogens is 266 g/mol. The van der Waals surface area contributed by atoms with E-state index in [1.165, 1.54) is 6.42 Å². The molecule has 1 aliphatic heterocycles. The Morgan fingerprint density at radius 3 is 2.14 bits per heavy atom. The molecule has 2 unspecified atom stereocenters. The SMILES string of the molecule is CCCN(CC(=O)N(C)C)CC(=O)N1CC(C)CC(C)C1. The molecule has 1 fully saturated rings. The van der Waals surface area contributed by atoms with E-state index in [0.29, 0.717) is 24.9 Å². The fourth-order valence-electron chi connectivity index (χ4n) is 3.02. The molecule has 1 aliphatic rings. The van der Waals surface area contributed by atoms with E-state index in [1.807, 2.05) is 9.80 Å². The van der Waals surface area contributed by atoms with Crippen molar-refractivity contribution in [1.29, 1.82) is 0 Å². The van der Waals surface area contributed by atoms with Crippen LogP contribution in [0.5, 0.6) is 0 Å². The van der Waals surface area contributed by atoms with Crippen LogP contribution in [0.2, 0.25) is 0 Å². The molecule has 0 aromatic heterocycles. The van der Waals surface area contributed by atoms with Gasteiger partial charge in [0.1, 0.15) is 0 Å². The number of carbonyl (C=O) groups is 2. The van der Waals surface area contributed by atoms with Crippen LogP contribution in [0.25, 0.3) is 0 Å². The molecule has 0 radical (unpaired) electrons. The van der Waals surface area contributed by atoms with Gasteiger partial charge in [-0.1, -0.05) is 20.8 Å². The Balaban J connectivity index is 2.57. The number of piperidine rings is 1. The molecule has 0 bridgehead atoms. The average Bonchev–Trinajstić information content (AvgIpc) is 2.37. The van der Waals surface area contributed by atoms with Crippen molar-refractivity contribution >= 4 is 11.8 Å². The minimum atomic E-state index is 0.0524. The zero-order valence-electron chi connectivity index (χ0n) is 14.3. The van der Waals surface area contributed by atoms with E-state index in [2.05, 4.69) is 20.8 Å². The minimum Gasteiger partial charge on any atom is -0.348 e. The van der Waals surface area contributed by atoms with Crippen LogP contribution < -0.4 is 0 Å². The predicted octanol–water partition coefficient (Wildman–Crippen LogP) is 1.29. The molecule has 0 aliphatic carbocycles. The van der Waals surface area contributed by atoms with E-state index in [9.17, 15) is 9.59 Å². The fraction of sp³-hybridized carbons (Fsp3) is 0.875. The summed E-state index contributed by atoms with van der Waals surface area (Å²) < 4.78 is 0. The van der Waals surface area contributed by atoms with Gasteiger partial charge in [0.2, 0.25) is 11.8 Å². The standard InChI is InChI=1S/C16H31N3O2/c1-6-7-18(11-15(20)17(4)5)12-16(21)19-9-13(2)8-14(3)10-19/h13-14H,6-12H2,1-5H3. The van der Waals surface area contributed by atoms with Crippen molar-refractivity contribution in [3.63, 3.8) is 0 Å². The topological polar surface area (TPSA) is 43.9 Å². The smallest absolute Gasteiger partial charge is 0.236 e. The molecule has 1 rings (SSSR count). The number of hydrogen-bond acceptors (Lipinski definition) is 3. The van der Waals surface area contributed by atoms with Gasteiger partial charge in [-0.3, -0.25) is 14.5 Å². The first-order valence-corrected chi connectivity index (χ1v) is 8.03. The number of rotatable bonds is 6. The Morgan fingerprint density at radius 1 is 1.10 bits per heavy atom. The van der Waals surface area contributed by atoms with Gasteiger partial charge in [0, 0.05) is 27.2 Å². The highest BCUT2D eigenvalue weighted by Gasteiger charge is 2.26. The molecular formula is C16H31N3O2. The molecule has 5 nitrogen and oxygen atoms in total. The average molecular weight is 297 g/mol. The van der Waals surface area contributed by atoms with Crippen molar-refractivity contribution in [2.45, 2.75) is 33.6 Å². The van der Waals surface area contributed by atoms with Crippen LogP contribution in [-0.4, -0.2) is 73.3 Å². The first-order chi connectivity index (χ1) is 9.83. The summed E-state index contributed by atoms with van der Waals surface area (Å²) in [7, 11) is 3.50. The summed E-state index contributed by atoms with van der Waals surface area (Å²) in [6.45, 7) is 9.64. The number of carbonyl (C=O) groups excluding carboxylic acids is 2. The lowest BCUT2D eigenvalue weighted by Crippen LogP contribution is -2.48. The lowest BCUT2D eigenvalue weighted by atomic mass is 9.92. The molecule has 0 aromatic carbocycles. The van der Waals surface area contributed by atoms with Gasteiger partial charge >= 0.3 is 0 Å². The molecule has 0 saturated carbocycles. The Bertz CT molecular complexity index is 347. The molecule has 2 atom stereocenters. The second-order valence-electron chi connectivity index (χ2n) is 6.74. The fourth-order valence-corrected chi connectivity index (χ4v) is 3.02. The summed E-state index contributed by atoms with van der Waals surface area (Å²) in [6, 6.07) is 0. The summed E-state index contributed by atoms with van der Waals surface area (Å²) in [5.41, 5.74) is 0. The Kier molecular flexibility index (Phi) is 7.15. The van der Waals surface area contributed by atoms with Crippen molar-refractivity contribution in [1.82, 2.24) is 14.7 Å².